The minimum absolute atomic E-state index is 0.0540. The number of aliphatic hydroxyl groups excluding tert-OH is 1. The van der Waals surface area contributed by atoms with Crippen LogP contribution >= 0.6 is 0 Å². The SMILES string of the molecule is C/C=C\C(=C/CC)Cc1ncccc1CO. The molecule has 0 aliphatic heterocycles. The van der Waals surface area contributed by atoms with E-state index in [0.29, 0.717) is 0 Å². The Kier molecular flexibility index (Phi) is 5.51. The van der Waals surface area contributed by atoms with Crippen molar-refractivity contribution in [1.29, 1.82) is 0 Å². The zero-order valence-electron chi connectivity index (χ0n) is 9.98. The van der Waals surface area contributed by atoms with E-state index in [0.717, 1.165) is 24.1 Å². The van der Waals surface area contributed by atoms with E-state index in [9.17, 15) is 5.11 Å². The molecular weight excluding hydrogens is 198 g/mol. The molecular formula is C14H19NO. The molecule has 0 radical (unpaired) electrons. The molecule has 0 fully saturated rings. The van der Waals surface area contributed by atoms with Crippen molar-refractivity contribution in [2.45, 2.75) is 33.3 Å². The highest BCUT2D eigenvalue weighted by Crippen LogP contribution is 2.12. The van der Waals surface area contributed by atoms with Crippen LogP contribution in [-0.2, 0) is 13.0 Å². The van der Waals surface area contributed by atoms with Crippen LogP contribution in [0.1, 0.15) is 31.5 Å². The summed E-state index contributed by atoms with van der Waals surface area (Å²) in [4.78, 5) is 4.32. The number of hydrogen-bond donors (Lipinski definition) is 1. The summed E-state index contributed by atoms with van der Waals surface area (Å²) >= 11 is 0. The first-order valence-electron chi connectivity index (χ1n) is 5.67. The standard InChI is InChI=1S/C14H19NO/c1-3-6-12(7-4-2)10-14-13(11-16)8-5-9-15-14/h3,5-9,16H,4,10-11H2,1-2H3/b6-3-,12-7+. The quantitative estimate of drug-likeness (QED) is 0.769. The van der Waals surface area contributed by atoms with Crippen molar-refractivity contribution in [2.24, 2.45) is 0 Å². The summed E-state index contributed by atoms with van der Waals surface area (Å²) < 4.78 is 0. The first-order chi connectivity index (χ1) is 7.81. The van der Waals surface area contributed by atoms with Gasteiger partial charge in [0.15, 0.2) is 0 Å². The lowest BCUT2D eigenvalue weighted by Gasteiger charge is -2.06. The fraction of sp³-hybridized carbons (Fsp3) is 0.357. The summed E-state index contributed by atoms with van der Waals surface area (Å²) in [5.41, 5.74) is 3.12. The van der Waals surface area contributed by atoms with Crippen LogP contribution in [-0.4, -0.2) is 10.1 Å². The van der Waals surface area contributed by atoms with Gasteiger partial charge in [0, 0.05) is 12.6 Å². The van der Waals surface area contributed by atoms with Crippen molar-refractivity contribution in [3.05, 3.63) is 53.4 Å². The number of pyridine rings is 1. The van der Waals surface area contributed by atoms with Crippen molar-refractivity contribution in [2.75, 3.05) is 0 Å². The van der Waals surface area contributed by atoms with Crippen LogP contribution in [0.4, 0.5) is 0 Å². The summed E-state index contributed by atoms with van der Waals surface area (Å²) in [5.74, 6) is 0. The van der Waals surface area contributed by atoms with Crippen LogP contribution in [0, 0.1) is 0 Å². The largest absolute Gasteiger partial charge is 0.392 e. The average molecular weight is 217 g/mol. The highest BCUT2D eigenvalue weighted by atomic mass is 16.3. The van der Waals surface area contributed by atoms with Gasteiger partial charge in [0.25, 0.3) is 0 Å². The molecule has 86 valence electrons. The van der Waals surface area contributed by atoms with Crippen LogP contribution < -0.4 is 0 Å². The van der Waals surface area contributed by atoms with Crippen LogP contribution in [0.3, 0.4) is 0 Å². The van der Waals surface area contributed by atoms with Crippen molar-refractivity contribution in [3.63, 3.8) is 0 Å². The van der Waals surface area contributed by atoms with Gasteiger partial charge in [-0.3, -0.25) is 4.98 Å². The first kappa shape index (κ1) is 12.7. The van der Waals surface area contributed by atoms with Gasteiger partial charge in [-0.05, 0) is 30.5 Å². The van der Waals surface area contributed by atoms with E-state index in [1.807, 2.05) is 25.1 Å². The van der Waals surface area contributed by atoms with E-state index in [1.165, 1.54) is 5.57 Å². The molecule has 0 atom stereocenters. The molecule has 2 heteroatoms. The maximum absolute atomic E-state index is 9.21. The summed E-state index contributed by atoms with van der Waals surface area (Å²) in [6, 6.07) is 3.77. The van der Waals surface area contributed by atoms with Gasteiger partial charge in [-0.25, -0.2) is 0 Å². The van der Waals surface area contributed by atoms with Crippen molar-refractivity contribution >= 4 is 0 Å². The third kappa shape index (κ3) is 3.63. The van der Waals surface area contributed by atoms with Crippen LogP contribution in [0.15, 0.2) is 42.1 Å². The van der Waals surface area contributed by atoms with Gasteiger partial charge in [0.05, 0.1) is 12.3 Å². The Bertz CT molecular complexity index is 380. The van der Waals surface area contributed by atoms with E-state index in [2.05, 4.69) is 24.1 Å². The molecule has 1 heterocycles. The Balaban J connectivity index is 2.89. The molecule has 0 saturated heterocycles. The molecule has 1 aromatic rings. The maximum Gasteiger partial charge on any atom is 0.0699 e. The van der Waals surface area contributed by atoms with Crippen molar-refractivity contribution < 1.29 is 5.11 Å². The number of rotatable bonds is 5. The van der Waals surface area contributed by atoms with E-state index in [1.54, 1.807) is 6.20 Å². The van der Waals surface area contributed by atoms with E-state index in [4.69, 9.17) is 0 Å². The molecule has 1 rings (SSSR count). The third-order valence-corrected chi connectivity index (χ3v) is 2.37. The van der Waals surface area contributed by atoms with E-state index < -0.39 is 0 Å². The molecule has 0 amide bonds. The van der Waals surface area contributed by atoms with Crippen molar-refractivity contribution in [3.8, 4) is 0 Å². The fourth-order valence-corrected chi connectivity index (χ4v) is 1.64. The lowest BCUT2D eigenvalue weighted by molar-refractivity contribution is 0.280. The molecule has 1 N–H and O–H groups in total. The smallest absolute Gasteiger partial charge is 0.0699 e. The second-order valence-electron chi connectivity index (χ2n) is 3.63. The highest BCUT2D eigenvalue weighted by molar-refractivity contribution is 5.29. The van der Waals surface area contributed by atoms with Crippen LogP contribution in [0.25, 0.3) is 0 Å². The Morgan fingerprint density at radius 3 is 2.94 bits per heavy atom. The van der Waals surface area contributed by atoms with Gasteiger partial charge >= 0.3 is 0 Å². The Hall–Kier alpha value is -1.41. The Morgan fingerprint density at radius 1 is 1.50 bits per heavy atom. The Labute approximate surface area is 97.4 Å². The predicted molar refractivity (Wildman–Crippen MR) is 67.1 cm³/mol. The molecule has 0 saturated carbocycles. The minimum atomic E-state index is 0.0540. The lowest BCUT2D eigenvalue weighted by Crippen LogP contribution is -1.98. The summed E-state index contributed by atoms with van der Waals surface area (Å²) in [6.45, 7) is 4.18. The van der Waals surface area contributed by atoms with Gasteiger partial charge in [0.2, 0.25) is 0 Å². The molecule has 0 unspecified atom stereocenters. The first-order valence-corrected chi connectivity index (χ1v) is 5.67. The second-order valence-corrected chi connectivity index (χ2v) is 3.63. The van der Waals surface area contributed by atoms with Crippen LogP contribution in [0.2, 0.25) is 0 Å². The zero-order chi connectivity index (χ0) is 11.8. The van der Waals surface area contributed by atoms with Gasteiger partial charge in [-0.2, -0.15) is 0 Å². The predicted octanol–water partition coefficient (Wildman–Crippen LogP) is 3.03. The normalized spacial score (nSPS) is 12.3. The number of nitrogens with zero attached hydrogens (tertiary/aromatic N) is 1. The fourth-order valence-electron chi connectivity index (χ4n) is 1.64. The van der Waals surface area contributed by atoms with E-state index >= 15 is 0 Å². The van der Waals surface area contributed by atoms with Crippen LogP contribution in [0.5, 0.6) is 0 Å². The molecule has 0 spiro atoms. The third-order valence-electron chi connectivity index (χ3n) is 2.37. The molecule has 0 aliphatic carbocycles. The number of aliphatic hydroxyl groups is 1. The number of allylic oxidation sites excluding steroid dienone is 4. The molecule has 16 heavy (non-hydrogen) atoms. The lowest BCUT2D eigenvalue weighted by atomic mass is 10.0. The summed E-state index contributed by atoms with van der Waals surface area (Å²) in [5, 5.41) is 9.21. The van der Waals surface area contributed by atoms with Gasteiger partial charge in [0.1, 0.15) is 0 Å². The van der Waals surface area contributed by atoms with Gasteiger partial charge in [-0.15, -0.1) is 0 Å². The van der Waals surface area contributed by atoms with E-state index in [-0.39, 0.29) is 6.61 Å². The summed E-state index contributed by atoms with van der Waals surface area (Å²) in [7, 11) is 0. The molecule has 0 aliphatic rings. The monoisotopic (exact) mass is 217 g/mol. The minimum Gasteiger partial charge on any atom is -0.392 e. The topological polar surface area (TPSA) is 33.1 Å². The molecule has 2 nitrogen and oxygen atoms in total. The molecule has 0 bridgehead atoms. The maximum atomic E-state index is 9.21. The number of aromatic nitrogens is 1. The van der Waals surface area contributed by atoms with Gasteiger partial charge < -0.3 is 5.11 Å². The molecule has 0 aromatic carbocycles. The second kappa shape index (κ2) is 6.96. The average Bonchev–Trinajstić information content (AvgIpc) is 2.30. The number of hydrogen-bond acceptors (Lipinski definition) is 2. The highest BCUT2D eigenvalue weighted by Gasteiger charge is 2.03. The van der Waals surface area contributed by atoms with Crippen molar-refractivity contribution in [1.82, 2.24) is 4.98 Å². The summed E-state index contributed by atoms with van der Waals surface area (Å²) in [6.07, 6.45) is 9.89. The molecule has 1 aromatic heterocycles. The van der Waals surface area contributed by atoms with Gasteiger partial charge in [-0.1, -0.05) is 31.2 Å². The Morgan fingerprint density at radius 2 is 2.31 bits per heavy atom. The zero-order valence-corrected chi connectivity index (χ0v) is 9.98.